The summed E-state index contributed by atoms with van der Waals surface area (Å²) in [6.07, 6.45) is 10.1. The van der Waals surface area contributed by atoms with Crippen LogP contribution in [0.15, 0.2) is 66.2 Å². The van der Waals surface area contributed by atoms with Crippen molar-refractivity contribution >= 4 is 17.3 Å². The van der Waals surface area contributed by atoms with Gasteiger partial charge in [-0.1, -0.05) is 35.9 Å². The molecule has 0 bridgehead atoms. The van der Waals surface area contributed by atoms with Crippen LogP contribution >= 0.6 is 11.6 Å². The van der Waals surface area contributed by atoms with Crippen molar-refractivity contribution in [2.75, 3.05) is 0 Å². The number of allylic oxidation sites excluding steroid dienone is 1. The van der Waals surface area contributed by atoms with Crippen LogP contribution in [0.1, 0.15) is 17.5 Å². The van der Waals surface area contributed by atoms with Crippen LogP contribution in [0.4, 0.5) is 4.39 Å². The summed E-state index contributed by atoms with van der Waals surface area (Å²) < 4.78 is 15.6. The van der Waals surface area contributed by atoms with E-state index in [9.17, 15) is 4.39 Å². The summed E-state index contributed by atoms with van der Waals surface area (Å²) >= 11 is 6.41. The highest BCUT2D eigenvalue weighted by atomic mass is 35.5. The molecule has 2 aromatic heterocycles. The van der Waals surface area contributed by atoms with Crippen molar-refractivity contribution in [2.45, 2.75) is 13.3 Å². The SMILES string of the molecule is Cc1cnc(F)cc1-n1cc(C2=NC=CC2)c(-c2ccccc2Cl)c1. The highest BCUT2D eigenvalue weighted by molar-refractivity contribution is 6.33. The van der Waals surface area contributed by atoms with Crippen LogP contribution in [0, 0.1) is 12.9 Å². The molecule has 0 atom stereocenters. The Balaban J connectivity index is 1.93. The van der Waals surface area contributed by atoms with Crippen molar-refractivity contribution in [3.63, 3.8) is 0 Å². The van der Waals surface area contributed by atoms with Crippen LogP contribution in [-0.2, 0) is 0 Å². The van der Waals surface area contributed by atoms with Gasteiger partial charge in [0.15, 0.2) is 0 Å². The normalized spacial score (nSPS) is 13.3. The molecule has 4 rings (SSSR count). The van der Waals surface area contributed by atoms with Gasteiger partial charge in [0, 0.05) is 59.0 Å². The molecule has 0 aliphatic carbocycles. The van der Waals surface area contributed by atoms with Crippen molar-refractivity contribution in [3.05, 3.63) is 83.3 Å². The van der Waals surface area contributed by atoms with Crippen LogP contribution in [0.3, 0.4) is 0 Å². The maximum absolute atomic E-state index is 13.6. The van der Waals surface area contributed by atoms with Crippen LogP contribution in [0.5, 0.6) is 0 Å². The second-order valence-corrected chi connectivity index (χ2v) is 6.34. The van der Waals surface area contributed by atoms with Gasteiger partial charge in [0.2, 0.25) is 5.95 Å². The summed E-state index contributed by atoms with van der Waals surface area (Å²) in [5.41, 5.74) is 5.51. The average Bonchev–Trinajstić information content (AvgIpc) is 3.26. The predicted octanol–water partition coefficient (Wildman–Crippen LogP) is 5.35. The Morgan fingerprint density at radius 1 is 1.12 bits per heavy atom. The van der Waals surface area contributed by atoms with E-state index in [0.717, 1.165) is 40.1 Å². The molecule has 0 unspecified atom stereocenters. The lowest BCUT2D eigenvalue weighted by atomic mass is 10.0. The molecule has 25 heavy (non-hydrogen) atoms. The van der Waals surface area contributed by atoms with Crippen LogP contribution < -0.4 is 0 Å². The van der Waals surface area contributed by atoms with Crippen molar-refractivity contribution < 1.29 is 4.39 Å². The summed E-state index contributed by atoms with van der Waals surface area (Å²) in [5.74, 6) is -0.505. The standard InChI is InChI=1S/C20H15ClFN3/c1-13-10-24-20(22)9-19(13)25-11-15(14-5-2-3-6-17(14)21)16(12-25)18-7-4-8-23-18/h2-6,8-12H,7H2,1H3. The second kappa shape index (κ2) is 6.30. The van der Waals surface area contributed by atoms with Crippen molar-refractivity contribution in [1.29, 1.82) is 0 Å². The fraction of sp³-hybridized carbons (Fsp3) is 0.100. The number of benzene rings is 1. The Hall–Kier alpha value is -2.72. The Morgan fingerprint density at radius 2 is 1.92 bits per heavy atom. The first kappa shape index (κ1) is 15.8. The first-order valence-electron chi connectivity index (χ1n) is 7.95. The van der Waals surface area contributed by atoms with Gasteiger partial charge in [-0.25, -0.2) is 4.98 Å². The number of rotatable bonds is 3. The Labute approximate surface area is 150 Å². The Kier molecular flexibility index (Phi) is 3.98. The zero-order valence-corrected chi connectivity index (χ0v) is 14.3. The van der Waals surface area contributed by atoms with Gasteiger partial charge in [0.1, 0.15) is 0 Å². The first-order chi connectivity index (χ1) is 12.1. The number of aryl methyl sites for hydroxylation is 1. The summed E-state index contributed by atoms with van der Waals surface area (Å²) in [7, 11) is 0. The fourth-order valence-electron chi connectivity index (χ4n) is 3.02. The smallest absolute Gasteiger partial charge is 0.214 e. The third kappa shape index (κ3) is 2.89. The van der Waals surface area contributed by atoms with E-state index in [1.165, 1.54) is 12.3 Å². The molecule has 3 nitrogen and oxygen atoms in total. The quantitative estimate of drug-likeness (QED) is 0.585. The Bertz CT molecular complexity index is 1020. The van der Waals surface area contributed by atoms with Gasteiger partial charge >= 0.3 is 0 Å². The molecule has 1 aliphatic rings. The molecule has 124 valence electrons. The maximum atomic E-state index is 13.6. The first-order valence-corrected chi connectivity index (χ1v) is 8.33. The number of hydrogen-bond donors (Lipinski definition) is 0. The lowest BCUT2D eigenvalue weighted by Crippen LogP contribution is -1.98. The lowest BCUT2D eigenvalue weighted by molar-refractivity contribution is 0.581. The van der Waals surface area contributed by atoms with Crippen molar-refractivity contribution in [3.8, 4) is 16.8 Å². The molecule has 0 saturated carbocycles. The fourth-order valence-corrected chi connectivity index (χ4v) is 3.26. The van der Waals surface area contributed by atoms with E-state index in [4.69, 9.17) is 11.6 Å². The molecule has 0 N–H and O–H groups in total. The molecule has 0 saturated heterocycles. The molecule has 0 amide bonds. The molecule has 1 aromatic carbocycles. The lowest BCUT2D eigenvalue weighted by Gasteiger charge is -2.06. The number of nitrogens with zero attached hydrogens (tertiary/aromatic N) is 3. The third-order valence-corrected chi connectivity index (χ3v) is 4.60. The van der Waals surface area contributed by atoms with E-state index >= 15 is 0 Å². The van der Waals surface area contributed by atoms with Crippen LogP contribution in [0.25, 0.3) is 16.8 Å². The summed E-state index contributed by atoms with van der Waals surface area (Å²) in [4.78, 5) is 8.17. The monoisotopic (exact) mass is 351 g/mol. The van der Waals surface area contributed by atoms with E-state index in [0.29, 0.717) is 5.02 Å². The van der Waals surface area contributed by atoms with Gasteiger partial charge in [-0.05, 0) is 18.6 Å². The van der Waals surface area contributed by atoms with E-state index in [-0.39, 0.29) is 0 Å². The largest absolute Gasteiger partial charge is 0.322 e. The van der Waals surface area contributed by atoms with E-state index in [1.807, 2.05) is 54.2 Å². The van der Waals surface area contributed by atoms with Crippen LogP contribution in [0.2, 0.25) is 5.02 Å². The van der Waals surface area contributed by atoms with Gasteiger partial charge in [-0.15, -0.1) is 0 Å². The van der Waals surface area contributed by atoms with Gasteiger partial charge < -0.3 is 4.57 Å². The molecule has 3 heterocycles. The van der Waals surface area contributed by atoms with Gasteiger partial charge in [0.05, 0.1) is 11.4 Å². The molecule has 3 aromatic rings. The molecule has 1 aliphatic heterocycles. The van der Waals surface area contributed by atoms with Gasteiger partial charge in [0.25, 0.3) is 0 Å². The third-order valence-electron chi connectivity index (χ3n) is 4.27. The topological polar surface area (TPSA) is 30.2 Å². The predicted molar refractivity (Wildman–Crippen MR) is 99.0 cm³/mol. The molecule has 0 spiro atoms. The van der Waals surface area contributed by atoms with E-state index in [1.54, 1.807) is 6.20 Å². The number of hydrogen-bond acceptors (Lipinski definition) is 2. The molecular formula is C20H15ClFN3. The molecule has 0 radical (unpaired) electrons. The van der Waals surface area contributed by atoms with Crippen molar-refractivity contribution in [2.24, 2.45) is 4.99 Å². The van der Waals surface area contributed by atoms with Crippen molar-refractivity contribution in [1.82, 2.24) is 9.55 Å². The van der Waals surface area contributed by atoms with Gasteiger partial charge in [-0.2, -0.15) is 4.39 Å². The zero-order chi connectivity index (χ0) is 17.4. The summed E-state index contributed by atoms with van der Waals surface area (Å²) in [5, 5.41) is 0.672. The molecule has 5 heteroatoms. The zero-order valence-electron chi connectivity index (χ0n) is 13.6. The second-order valence-electron chi connectivity index (χ2n) is 5.93. The minimum Gasteiger partial charge on any atom is -0.322 e. The maximum Gasteiger partial charge on any atom is 0.214 e. The van der Waals surface area contributed by atoms with Gasteiger partial charge in [-0.3, -0.25) is 4.99 Å². The van der Waals surface area contributed by atoms with E-state index in [2.05, 4.69) is 9.98 Å². The number of pyridine rings is 1. The highest BCUT2D eigenvalue weighted by Crippen LogP contribution is 2.34. The summed E-state index contributed by atoms with van der Waals surface area (Å²) in [6.45, 7) is 1.91. The van der Waals surface area contributed by atoms with Crippen LogP contribution in [-0.4, -0.2) is 15.3 Å². The molecule has 0 fully saturated rings. The summed E-state index contributed by atoms with van der Waals surface area (Å²) in [6, 6.07) is 9.14. The number of halogens is 2. The van der Waals surface area contributed by atoms with E-state index < -0.39 is 5.95 Å². The minimum absolute atomic E-state index is 0.505. The number of aromatic nitrogens is 2. The Morgan fingerprint density at radius 3 is 2.68 bits per heavy atom. The molecular weight excluding hydrogens is 337 g/mol. The number of aliphatic imine (C=N–C) groups is 1. The minimum atomic E-state index is -0.505. The highest BCUT2D eigenvalue weighted by Gasteiger charge is 2.18. The average molecular weight is 352 g/mol.